The summed E-state index contributed by atoms with van der Waals surface area (Å²) in [5.41, 5.74) is 1.29. The molecule has 0 radical (unpaired) electrons. The van der Waals surface area contributed by atoms with E-state index in [1.165, 1.54) is 6.07 Å². The monoisotopic (exact) mass is 294 g/mol. The maximum atomic E-state index is 11.4. The van der Waals surface area contributed by atoms with Crippen molar-refractivity contribution in [3.63, 3.8) is 0 Å². The van der Waals surface area contributed by atoms with Crippen molar-refractivity contribution in [3.8, 4) is 0 Å². The van der Waals surface area contributed by atoms with Crippen LogP contribution < -0.4 is 4.90 Å². The largest absolute Gasteiger partial charge is 0.389 e. The molecule has 1 aromatic carbocycles. The van der Waals surface area contributed by atoms with E-state index in [9.17, 15) is 15.2 Å². The molecule has 0 saturated heterocycles. The Morgan fingerprint density at radius 1 is 1.33 bits per heavy atom. The highest BCUT2D eigenvalue weighted by Gasteiger charge is 2.23. The third-order valence-corrected chi connectivity index (χ3v) is 3.86. The summed E-state index contributed by atoms with van der Waals surface area (Å²) in [5, 5.41) is 21.0. The Balaban J connectivity index is 3.25. The molecule has 118 valence electrons. The lowest BCUT2D eigenvalue weighted by Gasteiger charge is -2.30. The molecule has 0 aromatic heterocycles. The predicted molar refractivity (Wildman–Crippen MR) is 85.7 cm³/mol. The highest BCUT2D eigenvalue weighted by molar-refractivity contribution is 5.65. The number of unbranched alkanes of at least 4 members (excludes halogenated alkanes) is 1. The van der Waals surface area contributed by atoms with Crippen molar-refractivity contribution in [2.75, 3.05) is 11.4 Å². The fourth-order valence-electron chi connectivity index (χ4n) is 2.32. The normalized spacial score (nSPS) is 13.8. The van der Waals surface area contributed by atoms with Crippen LogP contribution in [0.2, 0.25) is 0 Å². The average molecular weight is 294 g/mol. The molecule has 0 aliphatic rings. The molecule has 2 atom stereocenters. The molecule has 21 heavy (non-hydrogen) atoms. The topological polar surface area (TPSA) is 66.6 Å². The maximum absolute atomic E-state index is 11.4. The van der Waals surface area contributed by atoms with Crippen LogP contribution in [0, 0.1) is 10.1 Å². The first kappa shape index (κ1) is 17.4. The Morgan fingerprint density at radius 2 is 2.00 bits per heavy atom. The first-order chi connectivity index (χ1) is 9.92. The predicted octanol–water partition coefficient (Wildman–Crippen LogP) is 4.05. The molecule has 0 bridgehead atoms. The molecule has 5 nitrogen and oxygen atoms in total. The van der Waals surface area contributed by atoms with Crippen molar-refractivity contribution in [2.24, 2.45) is 0 Å². The summed E-state index contributed by atoms with van der Waals surface area (Å²) in [6, 6.07) is 5.27. The highest BCUT2D eigenvalue weighted by atomic mass is 16.6. The van der Waals surface area contributed by atoms with E-state index in [4.69, 9.17) is 0 Å². The second kappa shape index (κ2) is 7.98. The number of hydrogen-bond donors (Lipinski definition) is 1. The second-order valence-electron chi connectivity index (χ2n) is 5.49. The van der Waals surface area contributed by atoms with Gasteiger partial charge in [-0.25, -0.2) is 0 Å². The average Bonchev–Trinajstić information content (AvgIpc) is 2.46. The quantitative estimate of drug-likeness (QED) is 0.580. The van der Waals surface area contributed by atoms with E-state index in [2.05, 4.69) is 25.7 Å². The standard InChI is InChI=1S/C16H26N2O3/c1-5-7-10-17(12(3)6-2)15-9-8-14(13(4)19)11-16(15)18(20)21/h8-9,11-13,19H,5-7,10H2,1-4H3/t12?,13-/m1/s1. The van der Waals surface area contributed by atoms with Gasteiger partial charge < -0.3 is 10.0 Å². The van der Waals surface area contributed by atoms with Crippen molar-refractivity contribution in [1.29, 1.82) is 0 Å². The molecule has 0 amide bonds. The number of benzene rings is 1. The lowest BCUT2D eigenvalue weighted by Crippen LogP contribution is -2.34. The lowest BCUT2D eigenvalue weighted by atomic mass is 10.1. The van der Waals surface area contributed by atoms with Crippen LogP contribution in [-0.4, -0.2) is 22.6 Å². The first-order valence-electron chi connectivity index (χ1n) is 7.65. The number of nitrogens with zero attached hydrogens (tertiary/aromatic N) is 2. The molecular weight excluding hydrogens is 268 g/mol. The SMILES string of the molecule is CCCCN(c1ccc([C@@H](C)O)cc1[N+](=O)[O-])C(C)CC. The van der Waals surface area contributed by atoms with E-state index in [0.717, 1.165) is 25.8 Å². The zero-order chi connectivity index (χ0) is 16.0. The van der Waals surface area contributed by atoms with Gasteiger partial charge in [0.15, 0.2) is 0 Å². The summed E-state index contributed by atoms with van der Waals surface area (Å²) in [7, 11) is 0. The van der Waals surface area contributed by atoms with E-state index < -0.39 is 6.10 Å². The molecule has 1 aromatic rings. The zero-order valence-electron chi connectivity index (χ0n) is 13.4. The molecule has 0 spiro atoms. The van der Waals surface area contributed by atoms with E-state index in [-0.39, 0.29) is 16.7 Å². The number of rotatable bonds is 8. The lowest BCUT2D eigenvalue weighted by molar-refractivity contribution is -0.384. The van der Waals surface area contributed by atoms with Crippen LogP contribution in [0.1, 0.15) is 58.6 Å². The summed E-state index contributed by atoms with van der Waals surface area (Å²) < 4.78 is 0. The molecule has 1 N–H and O–H groups in total. The van der Waals surface area contributed by atoms with Crippen molar-refractivity contribution >= 4 is 11.4 Å². The smallest absolute Gasteiger partial charge is 0.292 e. The Bertz CT molecular complexity index is 475. The molecular formula is C16H26N2O3. The molecule has 1 rings (SSSR count). The highest BCUT2D eigenvalue weighted by Crippen LogP contribution is 2.33. The van der Waals surface area contributed by atoms with Gasteiger partial charge in [-0.15, -0.1) is 0 Å². The van der Waals surface area contributed by atoms with Gasteiger partial charge in [0.2, 0.25) is 0 Å². The molecule has 1 unspecified atom stereocenters. The number of nitro benzene ring substituents is 1. The molecule has 0 fully saturated rings. The van der Waals surface area contributed by atoms with Gasteiger partial charge in [-0.2, -0.15) is 0 Å². The van der Waals surface area contributed by atoms with Crippen molar-refractivity contribution in [3.05, 3.63) is 33.9 Å². The van der Waals surface area contributed by atoms with E-state index >= 15 is 0 Å². The summed E-state index contributed by atoms with van der Waals surface area (Å²) in [6.45, 7) is 8.70. The van der Waals surface area contributed by atoms with E-state index in [1.807, 2.05) is 0 Å². The minimum Gasteiger partial charge on any atom is -0.389 e. The van der Waals surface area contributed by atoms with Crippen molar-refractivity contribution in [2.45, 2.75) is 59.1 Å². The van der Waals surface area contributed by atoms with Gasteiger partial charge in [0.25, 0.3) is 5.69 Å². The molecule has 5 heteroatoms. The van der Waals surface area contributed by atoms with Crippen LogP contribution in [-0.2, 0) is 0 Å². The molecule has 0 heterocycles. The molecule has 0 aliphatic carbocycles. The minimum atomic E-state index is -0.703. The summed E-state index contributed by atoms with van der Waals surface area (Å²) in [6.07, 6.45) is 2.27. The van der Waals surface area contributed by atoms with Crippen LogP contribution in [0.4, 0.5) is 11.4 Å². The number of aliphatic hydroxyl groups excluding tert-OH is 1. The van der Waals surface area contributed by atoms with Crippen LogP contribution >= 0.6 is 0 Å². The Kier molecular flexibility index (Phi) is 6.62. The van der Waals surface area contributed by atoms with Crippen LogP contribution in [0.15, 0.2) is 18.2 Å². The van der Waals surface area contributed by atoms with Gasteiger partial charge in [-0.05, 0) is 38.3 Å². The zero-order valence-corrected chi connectivity index (χ0v) is 13.4. The number of hydrogen-bond acceptors (Lipinski definition) is 4. The van der Waals surface area contributed by atoms with Gasteiger partial charge in [0, 0.05) is 18.7 Å². The van der Waals surface area contributed by atoms with Crippen molar-refractivity contribution < 1.29 is 10.0 Å². The van der Waals surface area contributed by atoms with Gasteiger partial charge in [-0.3, -0.25) is 10.1 Å². The third-order valence-electron chi connectivity index (χ3n) is 3.86. The summed E-state index contributed by atoms with van der Waals surface area (Å²) >= 11 is 0. The number of aliphatic hydroxyl groups is 1. The fourth-order valence-corrected chi connectivity index (χ4v) is 2.32. The third kappa shape index (κ3) is 4.43. The fraction of sp³-hybridized carbons (Fsp3) is 0.625. The first-order valence-corrected chi connectivity index (χ1v) is 7.65. The van der Waals surface area contributed by atoms with Gasteiger partial charge in [0.1, 0.15) is 5.69 Å². The number of nitro groups is 1. The summed E-state index contributed by atoms with van der Waals surface area (Å²) in [4.78, 5) is 13.1. The Morgan fingerprint density at radius 3 is 2.48 bits per heavy atom. The molecule has 0 aliphatic heterocycles. The summed E-state index contributed by atoms with van der Waals surface area (Å²) in [5.74, 6) is 0. The van der Waals surface area contributed by atoms with Crippen LogP contribution in [0.25, 0.3) is 0 Å². The number of anilines is 1. The van der Waals surface area contributed by atoms with Gasteiger partial charge in [0.05, 0.1) is 11.0 Å². The van der Waals surface area contributed by atoms with Crippen LogP contribution in [0.3, 0.4) is 0 Å². The second-order valence-corrected chi connectivity index (χ2v) is 5.49. The van der Waals surface area contributed by atoms with E-state index in [1.54, 1.807) is 19.1 Å². The van der Waals surface area contributed by atoms with Gasteiger partial charge >= 0.3 is 0 Å². The maximum Gasteiger partial charge on any atom is 0.292 e. The minimum absolute atomic E-state index is 0.0739. The molecule has 0 saturated carbocycles. The van der Waals surface area contributed by atoms with Crippen molar-refractivity contribution in [1.82, 2.24) is 0 Å². The van der Waals surface area contributed by atoms with E-state index in [0.29, 0.717) is 11.3 Å². The Labute approximate surface area is 126 Å². The van der Waals surface area contributed by atoms with Gasteiger partial charge in [-0.1, -0.05) is 26.3 Å². The Hall–Kier alpha value is -1.62. The van der Waals surface area contributed by atoms with Crippen LogP contribution in [0.5, 0.6) is 0 Å².